The summed E-state index contributed by atoms with van der Waals surface area (Å²) in [5, 5.41) is 4.18. The quantitative estimate of drug-likeness (QED) is 0.742. The minimum atomic E-state index is 0.0718. The number of allylic oxidation sites excluding steroid dienone is 3. The third-order valence-corrected chi connectivity index (χ3v) is 3.90. The number of aromatic nitrogens is 1. The van der Waals surface area contributed by atoms with E-state index in [4.69, 9.17) is 0 Å². The molecule has 3 heteroatoms. The van der Waals surface area contributed by atoms with Gasteiger partial charge in [-0.2, -0.15) is 0 Å². The van der Waals surface area contributed by atoms with Gasteiger partial charge < -0.3 is 10.3 Å². The van der Waals surface area contributed by atoms with Gasteiger partial charge in [0, 0.05) is 22.3 Å². The largest absolute Gasteiger partial charge is 0.354 e. The number of hydrogen-bond acceptors (Lipinski definition) is 1. The van der Waals surface area contributed by atoms with Crippen molar-refractivity contribution in [2.24, 2.45) is 0 Å². The number of nitrogens with one attached hydrogen (secondary N) is 2. The molecule has 1 aliphatic heterocycles. The van der Waals surface area contributed by atoms with Gasteiger partial charge in [0.15, 0.2) is 0 Å². The first-order chi connectivity index (χ1) is 9.33. The molecule has 3 nitrogen and oxygen atoms in total. The van der Waals surface area contributed by atoms with Crippen molar-refractivity contribution in [1.29, 1.82) is 0 Å². The average molecular weight is 250 g/mol. The molecule has 0 saturated carbocycles. The van der Waals surface area contributed by atoms with Gasteiger partial charge in [-0.15, -0.1) is 0 Å². The molecule has 1 amide bonds. The summed E-state index contributed by atoms with van der Waals surface area (Å²) in [6, 6.07) is 8.20. The van der Waals surface area contributed by atoms with Crippen molar-refractivity contribution in [1.82, 2.24) is 10.3 Å². The van der Waals surface area contributed by atoms with Gasteiger partial charge in [0.25, 0.3) is 0 Å². The van der Waals surface area contributed by atoms with Crippen LogP contribution < -0.4 is 5.32 Å². The number of rotatable bonds is 0. The first kappa shape index (κ1) is 10.6. The summed E-state index contributed by atoms with van der Waals surface area (Å²) in [7, 11) is 0. The number of carbonyl (C=O) groups excluding carboxylic acids is 1. The lowest BCUT2D eigenvalue weighted by Crippen LogP contribution is -2.23. The second-order valence-electron chi connectivity index (χ2n) is 5.08. The Kier molecular flexibility index (Phi) is 2.15. The second kappa shape index (κ2) is 3.85. The zero-order valence-electron chi connectivity index (χ0n) is 10.5. The van der Waals surface area contributed by atoms with E-state index in [1.807, 2.05) is 18.2 Å². The van der Waals surface area contributed by atoms with Gasteiger partial charge in [0.2, 0.25) is 5.91 Å². The van der Waals surface area contributed by atoms with Crippen LogP contribution in [-0.2, 0) is 11.2 Å². The summed E-state index contributed by atoms with van der Waals surface area (Å²) >= 11 is 0. The van der Waals surface area contributed by atoms with Crippen molar-refractivity contribution in [2.45, 2.75) is 19.3 Å². The summed E-state index contributed by atoms with van der Waals surface area (Å²) in [5.41, 5.74) is 5.58. The van der Waals surface area contributed by atoms with Crippen LogP contribution in [0.4, 0.5) is 0 Å². The van der Waals surface area contributed by atoms with Crippen molar-refractivity contribution in [3.8, 4) is 0 Å². The predicted octanol–water partition coefficient (Wildman–Crippen LogP) is 2.90. The second-order valence-corrected chi connectivity index (χ2v) is 5.08. The molecule has 2 heterocycles. The fourth-order valence-corrected chi connectivity index (χ4v) is 3.04. The number of fused-ring (bicyclic) bond motifs is 4. The SMILES string of the molecule is O=C1Cc2c([nH]c3ccccc23)C2=C(C=CCC2)N1. The lowest BCUT2D eigenvalue weighted by molar-refractivity contribution is -0.119. The van der Waals surface area contributed by atoms with Gasteiger partial charge in [0.1, 0.15) is 0 Å². The maximum atomic E-state index is 12.0. The average Bonchev–Trinajstić information content (AvgIpc) is 2.71. The van der Waals surface area contributed by atoms with Crippen molar-refractivity contribution in [3.63, 3.8) is 0 Å². The Hall–Kier alpha value is -2.29. The Bertz CT molecular complexity index is 749. The van der Waals surface area contributed by atoms with Crippen LogP contribution in [0.3, 0.4) is 0 Å². The first-order valence-electron chi connectivity index (χ1n) is 6.62. The van der Waals surface area contributed by atoms with Crippen molar-refractivity contribution < 1.29 is 4.79 Å². The minimum absolute atomic E-state index is 0.0718. The lowest BCUT2D eigenvalue weighted by Gasteiger charge is -2.13. The normalized spacial score (nSPS) is 18.0. The number of aromatic amines is 1. The summed E-state index contributed by atoms with van der Waals surface area (Å²) in [5.74, 6) is 0.0718. The van der Waals surface area contributed by atoms with E-state index in [0.29, 0.717) is 6.42 Å². The van der Waals surface area contributed by atoms with Gasteiger partial charge in [-0.05, 0) is 36.1 Å². The Labute approximate surface area is 111 Å². The molecule has 2 aliphatic rings. The molecule has 0 saturated heterocycles. The maximum Gasteiger partial charge on any atom is 0.228 e. The summed E-state index contributed by atoms with van der Waals surface area (Å²) < 4.78 is 0. The Morgan fingerprint density at radius 1 is 1.16 bits per heavy atom. The molecule has 4 rings (SSSR count). The molecule has 0 bridgehead atoms. The van der Waals surface area contributed by atoms with E-state index >= 15 is 0 Å². The molecule has 19 heavy (non-hydrogen) atoms. The van der Waals surface area contributed by atoms with E-state index in [9.17, 15) is 4.79 Å². The molecule has 0 unspecified atom stereocenters. The highest BCUT2D eigenvalue weighted by atomic mass is 16.1. The van der Waals surface area contributed by atoms with Crippen LogP contribution in [0, 0.1) is 0 Å². The third kappa shape index (κ3) is 1.55. The molecular formula is C16H14N2O. The van der Waals surface area contributed by atoms with E-state index < -0.39 is 0 Å². The Balaban J connectivity index is 2.05. The molecule has 1 aromatic carbocycles. The summed E-state index contributed by atoms with van der Waals surface area (Å²) in [6.45, 7) is 0. The molecule has 94 valence electrons. The number of H-pyrrole nitrogens is 1. The zero-order chi connectivity index (χ0) is 12.8. The number of benzene rings is 1. The smallest absolute Gasteiger partial charge is 0.228 e. The van der Waals surface area contributed by atoms with Gasteiger partial charge >= 0.3 is 0 Å². The fraction of sp³-hybridized carbons (Fsp3) is 0.188. The van der Waals surface area contributed by atoms with Crippen LogP contribution in [0.5, 0.6) is 0 Å². The maximum absolute atomic E-state index is 12.0. The molecule has 2 aromatic rings. The van der Waals surface area contributed by atoms with E-state index in [1.54, 1.807) is 0 Å². The Morgan fingerprint density at radius 2 is 2.05 bits per heavy atom. The van der Waals surface area contributed by atoms with Gasteiger partial charge in [0.05, 0.1) is 6.42 Å². The zero-order valence-corrected chi connectivity index (χ0v) is 10.5. The van der Waals surface area contributed by atoms with Crippen LogP contribution in [0.1, 0.15) is 24.1 Å². The molecular weight excluding hydrogens is 236 g/mol. The van der Waals surface area contributed by atoms with Crippen LogP contribution in [-0.4, -0.2) is 10.9 Å². The number of hydrogen-bond donors (Lipinski definition) is 2. The van der Waals surface area contributed by atoms with E-state index in [0.717, 1.165) is 40.7 Å². The summed E-state index contributed by atoms with van der Waals surface area (Å²) in [6.07, 6.45) is 6.60. The van der Waals surface area contributed by atoms with Crippen LogP contribution in [0.15, 0.2) is 42.1 Å². The van der Waals surface area contributed by atoms with E-state index in [-0.39, 0.29) is 5.91 Å². The van der Waals surface area contributed by atoms with Crippen LogP contribution in [0.25, 0.3) is 16.5 Å². The van der Waals surface area contributed by atoms with Crippen molar-refractivity contribution >= 4 is 22.4 Å². The van der Waals surface area contributed by atoms with Crippen molar-refractivity contribution in [3.05, 3.63) is 53.4 Å². The highest BCUT2D eigenvalue weighted by molar-refractivity contribution is 5.97. The topological polar surface area (TPSA) is 44.9 Å². The molecule has 0 fully saturated rings. The Morgan fingerprint density at radius 3 is 3.00 bits per heavy atom. The minimum Gasteiger partial charge on any atom is -0.354 e. The lowest BCUT2D eigenvalue weighted by atomic mass is 9.96. The van der Waals surface area contributed by atoms with E-state index in [1.165, 1.54) is 5.57 Å². The molecule has 2 N–H and O–H groups in total. The molecule has 1 aliphatic carbocycles. The highest BCUT2D eigenvalue weighted by Crippen LogP contribution is 2.35. The monoisotopic (exact) mass is 250 g/mol. The van der Waals surface area contributed by atoms with Crippen molar-refractivity contribution in [2.75, 3.05) is 0 Å². The van der Waals surface area contributed by atoms with Gasteiger partial charge in [-0.25, -0.2) is 0 Å². The molecule has 0 radical (unpaired) electrons. The first-order valence-corrected chi connectivity index (χ1v) is 6.62. The number of para-hydroxylation sites is 1. The van der Waals surface area contributed by atoms with Crippen LogP contribution >= 0.6 is 0 Å². The summed E-state index contributed by atoms with van der Waals surface area (Å²) in [4.78, 5) is 15.5. The predicted molar refractivity (Wildman–Crippen MR) is 75.4 cm³/mol. The van der Waals surface area contributed by atoms with Gasteiger partial charge in [-0.3, -0.25) is 4.79 Å². The molecule has 0 atom stereocenters. The third-order valence-electron chi connectivity index (χ3n) is 3.90. The molecule has 0 spiro atoms. The highest BCUT2D eigenvalue weighted by Gasteiger charge is 2.24. The number of amides is 1. The fourth-order valence-electron chi connectivity index (χ4n) is 3.04. The van der Waals surface area contributed by atoms with Gasteiger partial charge in [-0.1, -0.05) is 24.3 Å². The standard InChI is InChI=1S/C16H14N2O/c19-15-9-12-10-5-1-3-7-13(10)18-16(12)11-6-2-4-8-14(11)17-15/h1,3-5,7-8,18H,2,6,9H2,(H,17,19). The van der Waals surface area contributed by atoms with Crippen LogP contribution in [0.2, 0.25) is 0 Å². The van der Waals surface area contributed by atoms with E-state index in [2.05, 4.69) is 28.5 Å². The number of carbonyl (C=O) groups is 1. The molecule has 1 aromatic heterocycles.